The number of carbonyl (C=O) groups excluding carboxylic acids is 1. The molecule has 0 saturated carbocycles. The number of nitrogen functional groups attached to an aromatic ring is 1. The molecule has 2 unspecified atom stereocenters. The number of pyridine rings is 1. The quantitative estimate of drug-likeness (QED) is 0.819. The second-order valence-corrected chi connectivity index (χ2v) is 6.43. The smallest absolute Gasteiger partial charge is 0.180 e. The predicted octanol–water partition coefficient (Wildman–Crippen LogP) is 2.08. The van der Waals surface area contributed by atoms with Crippen molar-refractivity contribution in [3.63, 3.8) is 0 Å². The molecule has 0 spiro atoms. The van der Waals surface area contributed by atoms with Crippen LogP contribution in [0.3, 0.4) is 0 Å². The summed E-state index contributed by atoms with van der Waals surface area (Å²) in [5, 5.41) is 0.371. The molecule has 86 valence electrons. The van der Waals surface area contributed by atoms with Crippen LogP contribution >= 0.6 is 23.5 Å². The van der Waals surface area contributed by atoms with E-state index in [0.717, 1.165) is 11.5 Å². The Morgan fingerprint density at radius 2 is 2.25 bits per heavy atom. The van der Waals surface area contributed by atoms with Crippen LogP contribution in [0.15, 0.2) is 18.5 Å². The molecule has 1 aromatic heterocycles. The summed E-state index contributed by atoms with van der Waals surface area (Å²) in [6, 6.07) is 1.68. The molecular weight excluding hydrogens is 240 g/mol. The van der Waals surface area contributed by atoms with Crippen LogP contribution in [0.25, 0.3) is 0 Å². The fraction of sp³-hybridized carbons (Fsp3) is 0.455. The molecule has 2 atom stereocenters. The number of hydrogen-bond donors (Lipinski definition) is 1. The van der Waals surface area contributed by atoms with E-state index in [2.05, 4.69) is 11.9 Å². The van der Waals surface area contributed by atoms with Gasteiger partial charge in [0, 0.05) is 34.8 Å². The summed E-state index contributed by atoms with van der Waals surface area (Å²) in [6.45, 7) is 2.10. The average Bonchev–Trinajstić information content (AvgIpc) is 2.29. The summed E-state index contributed by atoms with van der Waals surface area (Å²) in [5.74, 6) is 2.28. The fourth-order valence-electron chi connectivity index (χ4n) is 1.69. The molecule has 3 nitrogen and oxygen atoms in total. The van der Waals surface area contributed by atoms with Crippen LogP contribution in [0, 0.1) is 0 Å². The molecule has 2 heterocycles. The minimum atomic E-state index is 0.0187. The van der Waals surface area contributed by atoms with Gasteiger partial charge in [-0.1, -0.05) is 6.92 Å². The van der Waals surface area contributed by atoms with Crippen molar-refractivity contribution in [3.8, 4) is 0 Å². The molecule has 1 aliphatic rings. The number of rotatable bonds is 2. The van der Waals surface area contributed by atoms with Crippen LogP contribution in [0.2, 0.25) is 0 Å². The zero-order chi connectivity index (χ0) is 11.5. The van der Waals surface area contributed by atoms with Crippen molar-refractivity contribution in [3.05, 3.63) is 24.0 Å². The average molecular weight is 254 g/mol. The van der Waals surface area contributed by atoms with Crippen LogP contribution in [-0.2, 0) is 0 Å². The lowest BCUT2D eigenvalue weighted by Crippen LogP contribution is -2.31. The Kier molecular flexibility index (Phi) is 3.76. The van der Waals surface area contributed by atoms with Crippen molar-refractivity contribution in [2.45, 2.75) is 17.4 Å². The number of nitrogens with two attached hydrogens (primary N) is 1. The number of thioether (sulfide) groups is 2. The molecule has 1 saturated heterocycles. The molecule has 0 aliphatic carbocycles. The number of carbonyl (C=O) groups is 1. The van der Waals surface area contributed by atoms with Crippen molar-refractivity contribution in [1.29, 1.82) is 0 Å². The maximum Gasteiger partial charge on any atom is 0.180 e. The Balaban J connectivity index is 2.21. The lowest BCUT2D eigenvalue weighted by molar-refractivity contribution is 0.0990. The van der Waals surface area contributed by atoms with Crippen LogP contribution in [0.1, 0.15) is 17.3 Å². The normalized spacial score (nSPS) is 25.3. The van der Waals surface area contributed by atoms with Gasteiger partial charge in [-0.3, -0.25) is 9.78 Å². The van der Waals surface area contributed by atoms with E-state index in [1.807, 2.05) is 11.8 Å². The van der Waals surface area contributed by atoms with Gasteiger partial charge >= 0.3 is 0 Å². The molecule has 2 N–H and O–H groups in total. The van der Waals surface area contributed by atoms with Crippen molar-refractivity contribution < 1.29 is 4.79 Å². The highest BCUT2D eigenvalue weighted by Crippen LogP contribution is 2.33. The largest absolute Gasteiger partial charge is 0.398 e. The molecule has 0 aromatic carbocycles. The Labute approximate surface area is 104 Å². The van der Waals surface area contributed by atoms with E-state index < -0.39 is 0 Å². The Bertz CT molecular complexity index is 397. The lowest BCUT2D eigenvalue weighted by Gasteiger charge is -2.26. The molecule has 0 amide bonds. The van der Waals surface area contributed by atoms with Crippen LogP contribution < -0.4 is 5.73 Å². The van der Waals surface area contributed by atoms with Crippen LogP contribution in [0.5, 0.6) is 0 Å². The number of anilines is 1. The Morgan fingerprint density at radius 1 is 1.50 bits per heavy atom. The van der Waals surface area contributed by atoms with Gasteiger partial charge in [0.05, 0.1) is 10.8 Å². The molecule has 0 radical (unpaired) electrons. The van der Waals surface area contributed by atoms with E-state index in [1.165, 1.54) is 0 Å². The predicted molar refractivity (Wildman–Crippen MR) is 71.1 cm³/mol. The van der Waals surface area contributed by atoms with Crippen LogP contribution in [0.4, 0.5) is 5.69 Å². The van der Waals surface area contributed by atoms with Gasteiger partial charge in [-0.05, 0) is 6.07 Å². The first-order chi connectivity index (χ1) is 7.70. The molecule has 16 heavy (non-hydrogen) atoms. The summed E-state index contributed by atoms with van der Waals surface area (Å²) in [4.78, 5) is 16.2. The minimum absolute atomic E-state index is 0.0187. The summed E-state index contributed by atoms with van der Waals surface area (Å²) in [5.41, 5.74) is 6.89. The summed E-state index contributed by atoms with van der Waals surface area (Å²) >= 11 is 3.58. The molecule has 1 fully saturated rings. The first-order valence-corrected chi connectivity index (χ1v) is 7.27. The monoisotopic (exact) mass is 254 g/mol. The number of aromatic nitrogens is 1. The number of nitrogens with zero attached hydrogens (tertiary/aromatic N) is 1. The summed E-state index contributed by atoms with van der Waals surface area (Å²) in [6.07, 6.45) is 3.18. The second-order valence-electron chi connectivity index (χ2n) is 3.69. The fourth-order valence-corrected chi connectivity index (χ4v) is 4.40. The molecule has 0 bridgehead atoms. The van der Waals surface area contributed by atoms with E-state index in [9.17, 15) is 4.79 Å². The van der Waals surface area contributed by atoms with Gasteiger partial charge in [0.15, 0.2) is 5.78 Å². The standard InChI is InChI=1S/C11H14N2OS2/c1-7-11(16-5-4-15-7)10(14)8-6-13-3-2-9(8)12/h2-3,6-7,11H,4-5H2,1H3,(H2,12,13). The summed E-state index contributed by atoms with van der Waals surface area (Å²) in [7, 11) is 0. The van der Waals surface area contributed by atoms with Gasteiger partial charge in [-0.25, -0.2) is 0 Å². The molecular formula is C11H14N2OS2. The van der Waals surface area contributed by atoms with Crippen molar-refractivity contribution in [2.75, 3.05) is 17.2 Å². The summed E-state index contributed by atoms with van der Waals surface area (Å²) < 4.78 is 0. The first-order valence-electron chi connectivity index (χ1n) is 5.17. The van der Waals surface area contributed by atoms with Gasteiger partial charge in [-0.2, -0.15) is 11.8 Å². The number of Topliss-reactive ketones (excluding diaryl/α,β-unsaturated/α-hetero) is 1. The van der Waals surface area contributed by atoms with Crippen molar-refractivity contribution in [2.24, 2.45) is 0 Å². The zero-order valence-corrected chi connectivity index (χ0v) is 10.7. The highest BCUT2D eigenvalue weighted by Gasteiger charge is 2.30. The van der Waals surface area contributed by atoms with Gasteiger partial charge in [-0.15, -0.1) is 11.8 Å². The molecule has 1 aromatic rings. The third-order valence-electron chi connectivity index (χ3n) is 2.57. The Hall–Kier alpha value is -0.680. The molecule has 1 aliphatic heterocycles. The van der Waals surface area contributed by atoms with E-state index in [4.69, 9.17) is 5.73 Å². The van der Waals surface area contributed by atoms with Gasteiger partial charge in [0.25, 0.3) is 0 Å². The third-order valence-corrected chi connectivity index (χ3v) is 5.66. The van der Waals surface area contributed by atoms with Crippen LogP contribution in [-0.4, -0.2) is 32.8 Å². The van der Waals surface area contributed by atoms with E-state index in [0.29, 0.717) is 16.5 Å². The SMILES string of the molecule is CC1SCCSC1C(=O)c1cnccc1N. The van der Waals surface area contributed by atoms with E-state index in [-0.39, 0.29) is 11.0 Å². The van der Waals surface area contributed by atoms with E-state index in [1.54, 1.807) is 30.2 Å². The maximum absolute atomic E-state index is 12.3. The molecule has 5 heteroatoms. The topological polar surface area (TPSA) is 56.0 Å². The molecule has 2 rings (SSSR count). The van der Waals surface area contributed by atoms with E-state index >= 15 is 0 Å². The Morgan fingerprint density at radius 3 is 2.94 bits per heavy atom. The van der Waals surface area contributed by atoms with Gasteiger partial charge in [0.2, 0.25) is 0 Å². The van der Waals surface area contributed by atoms with Crippen molar-refractivity contribution in [1.82, 2.24) is 4.98 Å². The number of hydrogen-bond acceptors (Lipinski definition) is 5. The first kappa shape index (κ1) is 11.8. The number of ketones is 1. The lowest BCUT2D eigenvalue weighted by atomic mass is 10.1. The van der Waals surface area contributed by atoms with Gasteiger partial charge in [0.1, 0.15) is 0 Å². The zero-order valence-electron chi connectivity index (χ0n) is 9.05. The third kappa shape index (κ3) is 2.35. The van der Waals surface area contributed by atoms with Gasteiger partial charge < -0.3 is 5.73 Å². The minimum Gasteiger partial charge on any atom is -0.398 e. The van der Waals surface area contributed by atoms with Crippen molar-refractivity contribution >= 4 is 35.0 Å². The second kappa shape index (κ2) is 5.10. The maximum atomic E-state index is 12.3. The highest BCUT2D eigenvalue weighted by molar-refractivity contribution is 8.07. The highest BCUT2D eigenvalue weighted by atomic mass is 32.2.